The van der Waals surface area contributed by atoms with Crippen LogP contribution in [-0.2, 0) is 15.6 Å². The van der Waals surface area contributed by atoms with E-state index >= 15 is 0 Å². The summed E-state index contributed by atoms with van der Waals surface area (Å²) >= 11 is 0. The summed E-state index contributed by atoms with van der Waals surface area (Å²) in [4.78, 5) is 2.68. The third-order valence-corrected chi connectivity index (χ3v) is 9.14. The first-order valence-corrected chi connectivity index (χ1v) is 13.7. The molecule has 3 heterocycles. The summed E-state index contributed by atoms with van der Waals surface area (Å²) in [5.74, 6) is 2.12. The van der Waals surface area contributed by atoms with Crippen molar-refractivity contribution in [2.75, 3.05) is 18.0 Å². The molecule has 3 aliphatic heterocycles. The van der Waals surface area contributed by atoms with E-state index in [9.17, 15) is 10.5 Å². The van der Waals surface area contributed by atoms with Crippen molar-refractivity contribution >= 4 is 11.8 Å². The van der Waals surface area contributed by atoms with E-state index in [0.717, 1.165) is 12.3 Å². The third kappa shape index (κ3) is 4.42. The van der Waals surface area contributed by atoms with Gasteiger partial charge in [0, 0.05) is 29.8 Å². The fourth-order valence-electron chi connectivity index (χ4n) is 6.66. The zero-order chi connectivity index (χ0) is 26.6. The third-order valence-electron chi connectivity index (χ3n) is 9.14. The van der Waals surface area contributed by atoms with Crippen molar-refractivity contribution < 1.29 is 4.74 Å². The fraction of sp³-hybridized carbons (Fsp3) is 0.515. The molecule has 4 nitrogen and oxygen atoms in total. The molecule has 1 fully saturated rings. The largest absolute Gasteiger partial charge is 0.461 e. The van der Waals surface area contributed by atoms with Crippen molar-refractivity contribution in [1.82, 2.24) is 0 Å². The Morgan fingerprint density at radius 3 is 2.46 bits per heavy atom. The number of allylic oxidation sites excluding steroid dienone is 6. The van der Waals surface area contributed by atoms with E-state index in [4.69, 9.17) is 4.74 Å². The molecule has 2 atom stereocenters. The van der Waals surface area contributed by atoms with Crippen molar-refractivity contribution in [2.45, 2.75) is 84.5 Å². The van der Waals surface area contributed by atoms with Crippen LogP contribution in [0.2, 0.25) is 0 Å². The Kier molecular flexibility index (Phi) is 6.15. The van der Waals surface area contributed by atoms with Crippen LogP contribution in [0.1, 0.15) is 90.3 Å². The van der Waals surface area contributed by atoms with Gasteiger partial charge in [-0.15, -0.1) is 0 Å². The van der Waals surface area contributed by atoms with Crippen LogP contribution in [-0.4, -0.2) is 13.1 Å². The topological polar surface area (TPSA) is 60.0 Å². The molecule has 0 saturated heterocycles. The molecule has 5 rings (SSSR count). The molecular formula is C33H39N3O. The summed E-state index contributed by atoms with van der Waals surface area (Å²) in [6, 6.07) is 8.87. The van der Waals surface area contributed by atoms with Gasteiger partial charge in [0.1, 0.15) is 29.2 Å². The highest BCUT2D eigenvalue weighted by molar-refractivity contribution is 5.72. The smallest absolute Gasteiger partial charge is 0.137 e. The lowest BCUT2D eigenvalue weighted by molar-refractivity contribution is 0.192. The first-order valence-electron chi connectivity index (χ1n) is 13.7. The highest BCUT2D eigenvalue weighted by atomic mass is 16.5. The molecule has 4 aliphatic rings. The van der Waals surface area contributed by atoms with E-state index in [-0.39, 0.29) is 21.8 Å². The van der Waals surface area contributed by atoms with Crippen LogP contribution < -0.4 is 4.90 Å². The van der Waals surface area contributed by atoms with E-state index in [1.807, 2.05) is 24.3 Å². The second-order valence-electron chi connectivity index (χ2n) is 13.2. The zero-order valence-corrected chi connectivity index (χ0v) is 23.2. The quantitative estimate of drug-likeness (QED) is 0.394. The fourth-order valence-corrected chi connectivity index (χ4v) is 6.66. The van der Waals surface area contributed by atoms with Gasteiger partial charge in [0.2, 0.25) is 0 Å². The van der Waals surface area contributed by atoms with Gasteiger partial charge < -0.3 is 9.64 Å². The molecular weight excluding hydrogens is 454 g/mol. The van der Waals surface area contributed by atoms with Crippen LogP contribution in [0, 0.1) is 34.0 Å². The standard InChI is InChI=1S/C33H39N3O/c1-31(2,3)29-18-23(24(19-34)20-35)17-26(37-29)11-10-22-15-27-30-28(16-22)33(6)12-8-7-9-25(33)21-36(30)14-13-32(27,4)5/h10-11,15-18,25H,7-9,12-14,21H2,1-6H3/b11-10+. The number of anilines is 1. The second kappa shape index (κ2) is 8.95. The average molecular weight is 494 g/mol. The molecule has 1 saturated carbocycles. The minimum atomic E-state index is -0.247. The maximum Gasteiger partial charge on any atom is 0.137 e. The van der Waals surface area contributed by atoms with Gasteiger partial charge in [-0.3, -0.25) is 0 Å². The number of hydrogen-bond acceptors (Lipinski definition) is 4. The molecule has 0 radical (unpaired) electrons. The Morgan fingerprint density at radius 2 is 1.76 bits per heavy atom. The number of ether oxygens (including phenoxy) is 1. The Morgan fingerprint density at radius 1 is 1.03 bits per heavy atom. The molecule has 2 unspecified atom stereocenters. The first-order chi connectivity index (χ1) is 17.5. The van der Waals surface area contributed by atoms with Crippen molar-refractivity contribution in [2.24, 2.45) is 11.3 Å². The van der Waals surface area contributed by atoms with E-state index < -0.39 is 0 Å². The average Bonchev–Trinajstić information content (AvgIpc) is 2.85. The van der Waals surface area contributed by atoms with Crippen LogP contribution >= 0.6 is 0 Å². The van der Waals surface area contributed by atoms with Crippen LogP contribution in [0.25, 0.3) is 6.08 Å². The number of nitrogens with zero attached hydrogens (tertiary/aromatic N) is 3. The molecule has 0 aromatic heterocycles. The Labute approximate surface area is 222 Å². The van der Waals surface area contributed by atoms with Gasteiger partial charge in [-0.2, -0.15) is 10.5 Å². The van der Waals surface area contributed by atoms with Crippen molar-refractivity contribution in [3.8, 4) is 12.1 Å². The van der Waals surface area contributed by atoms with E-state index in [1.54, 1.807) is 6.08 Å². The Balaban J connectivity index is 1.59. The van der Waals surface area contributed by atoms with Crippen LogP contribution in [0.5, 0.6) is 0 Å². The summed E-state index contributed by atoms with van der Waals surface area (Å²) in [7, 11) is 0. The lowest BCUT2D eigenvalue weighted by Gasteiger charge is -2.54. The van der Waals surface area contributed by atoms with Gasteiger partial charge in [-0.25, -0.2) is 0 Å². The lowest BCUT2D eigenvalue weighted by Crippen LogP contribution is -2.51. The molecule has 192 valence electrons. The van der Waals surface area contributed by atoms with Gasteiger partial charge in [0.05, 0.1) is 0 Å². The normalized spacial score (nSPS) is 26.2. The summed E-state index contributed by atoms with van der Waals surface area (Å²) in [6.07, 6.45) is 14.2. The predicted octanol–water partition coefficient (Wildman–Crippen LogP) is 7.84. The van der Waals surface area contributed by atoms with Crippen molar-refractivity contribution in [3.63, 3.8) is 0 Å². The molecule has 1 aromatic carbocycles. The van der Waals surface area contributed by atoms with E-state index in [2.05, 4.69) is 64.7 Å². The maximum absolute atomic E-state index is 9.47. The Bertz CT molecular complexity index is 1320. The number of fused-ring (bicyclic) bond motifs is 2. The molecule has 0 amide bonds. The highest BCUT2D eigenvalue weighted by Crippen LogP contribution is 2.55. The van der Waals surface area contributed by atoms with E-state index in [1.165, 1.54) is 61.0 Å². The van der Waals surface area contributed by atoms with Crippen molar-refractivity contribution in [1.29, 1.82) is 10.5 Å². The second-order valence-corrected chi connectivity index (χ2v) is 13.2. The molecule has 0 N–H and O–H groups in total. The van der Waals surface area contributed by atoms with Gasteiger partial charge in [-0.05, 0) is 83.1 Å². The monoisotopic (exact) mass is 493 g/mol. The summed E-state index contributed by atoms with van der Waals surface area (Å²) in [5.41, 5.74) is 6.51. The lowest BCUT2D eigenvalue weighted by atomic mass is 9.59. The number of nitriles is 2. The molecule has 0 spiro atoms. The number of rotatable bonds is 2. The van der Waals surface area contributed by atoms with Gasteiger partial charge in [0.25, 0.3) is 0 Å². The molecule has 1 aromatic rings. The molecule has 37 heavy (non-hydrogen) atoms. The maximum atomic E-state index is 9.47. The summed E-state index contributed by atoms with van der Waals surface area (Å²) in [6.45, 7) is 15.8. The van der Waals surface area contributed by atoms with E-state index in [0.29, 0.717) is 17.3 Å². The highest BCUT2D eigenvalue weighted by Gasteiger charge is 2.47. The zero-order valence-electron chi connectivity index (χ0n) is 23.2. The minimum absolute atomic E-state index is 0.104. The SMILES string of the molecule is CC(C)(C)C1=CC(=C(C#N)C#N)C=C(/C=C/c2cc3c4c(c2)C2(C)CCCCC2CN4CCC3(C)C)O1. The van der Waals surface area contributed by atoms with Gasteiger partial charge in [0.15, 0.2) is 0 Å². The Hall–Kier alpha value is -3.24. The summed E-state index contributed by atoms with van der Waals surface area (Å²) < 4.78 is 6.26. The number of hydrogen-bond donors (Lipinski definition) is 0. The molecule has 0 bridgehead atoms. The molecule has 4 heteroatoms. The van der Waals surface area contributed by atoms with Crippen molar-refractivity contribution in [3.05, 3.63) is 69.7 Å². The van der Waals surface area contributed by atoms with Gasteiger partial charge in [-0.1, -0.05) is 60.5 Å². The van der Waals surface area contributed by atoms with Crippen LogP contribution in [0.3, 0.4) is 0 Å². The van der Waals surface area contributed by atoms with Gasteiger partial charge >= 0.3 is 0 Å². The molecule has 1 aliphatic carbocycles. The predicted molar refractivity (Wildman–Crippen MR) is 150 cm³/mol. The van der Waals surface area contributed by atoms with Crippen LogP contribution in [0.4, 0.5) is 5.69 Å². The summed E-state index contributed by atoms with van der Waals surface area (Å²) in [5, 5.41) is 18.9. The first kappa shape index (κ1) is 25.4. The van der Waals surface area contributed by atoms with Crippen LogP contribution in [0.15, 0.2) is 53.0 Å². The number of benzene rings is 1. The minimum Gasteiger partial charge on any atom is -0.461 e.